The van der Waals surface area contributed by atoms with Gasteiger partial charge in [-0.1, -0.05) is 88.1 Å². The molecule has 1 aromatic rings. The Labute approximate surface area is 177 Å². The summed E-state index contributed by atoms with van der Waals surface area (Å²) in [5.41, 5.74) is 2.30. The van der Waals surface area contributed by atoms with Gasteiger partial charge in [0.25, 0.3) is 11.8 Å². The number of anilines is 1. The molecule has 4 nitrogen and oxygen atoms in total. The van der Waals surface area contributed by atoms with Crippen molar-refractivity contribution in [2.45, 2.75) is 58.8 Å². The lowest BCUT2D eigenvalue weighted by atomic mass is 10.1. The molecule has 1 fully saturated rings. The molecular formula is C22H28N2O2S2. The Morgan fingerprint density at radius 1 is 0.857 bits per heavy atom. The number of thioether (sulfide) groups is 1. The van der Waals surface area contributed by atoms with Gasteiger partial charge in [0.2, 0.25) is 0 Å². The summed E-state index contributed by atoms with van der Waals surface area (Å²) in [6.45, 7) is 5.60. The van der Waals surface area contributed by atoms with Crippen LogP contribution in [0.5, 0.6) is 0 Å². The molecule has 0 atom stereocenters. The lowest BCUT2D eigenvalue weighted by molar-refractivity contribution is -0.122. The van der Waals surface area contributed by atoms with Gasteiger partial charge in [0.1, 0.15) is 4.32 Å². The minimum absolute atomic E-state index is 0.0623. The van der Waals surface area contributed by atoms with Crippen LogP contribution in [0.1, 0.15) is 64.4 Å². The lowest BCUT2D eigenvalue weighted by Crippen LogP contribution is -2.30. The van der Waals surface area contributed by atoms with Crippen LogP contribution in [-0.2, 0) is 9.59 Å². The van der Waals surface area contributed by atoms with Gasteiger partial charge in [-0.25, -0.2) is 0 Å². The van der Waals surface area contributed by atoms with Gasteiger partial charge in [-0.3, -0.25) is 14.5 Å². The second-order valence-electron chi connectivity index (χ2n) is 7.27. The number of amides is 2. The zero-order valence-corrected chi connectivity index (χ0v) is 18.3. The highest BCUT2D eigenvalue weighted by atomic mass is 32.2. The Balaban J connectivity index is 1.86. The molecule has 3 rings (SSSR count). The monoisotopic (exact) mass is 416 g/mol. The molecular weight excluding hydrogens is 388 g/mol. The van der Waals surface area contributed by atoms with E-state index in [0.29, 0.717) is 27.9 Å². The van der Waals surface area contributed by atoms with E-state index in [1.54, 1.807) is 4.90 Å². The molecule has 0 unspecified atom stereocenters. The molecule has 0 radical (unpaired) electrons. The maximum absolute atomic E-state index is 13.3. The summed E-state index contributed by atoms with van der Waals surface area (Å²) in [6.07, 6.45) is 7.63. The largest absolute Gasteiger partial charge is 0.308 e. The Morgan fingerprint density at radius 2 is 1.54 bits per heavy atom. The number of hydrogen-bond donors (Lipinski definition) is 0. The van der Waals surface area contributed by atoms with E-state index in [9.17, 15) is 9.59 Å². The number of hydrogen-bond acceptors (Lipinski definition) is 4. The topological polar surface area (TPSA) is 40.6 Å². The molecule has 150 valence electrons. The van der Waals surface area contributed by atoms with Crippen molar-refractivity contribution in [3.63, 3.8) is 0 Å². The van der Waals surface area contributed by atoms with Gasteiger partial charge < -0.3 is 4.90 Å². The van der Waals surface area contributed by atoms with Gasteiger partial charge in [-0.2, -0.15) is 0 Å². The minimum atomic E-state index is -0.119. The van der Waals surface area contributed by atoms with Crippen molar-refractivity contribution in [1.82, 2.24) is 4.90 Å². The van der Waals surface area contributed by atoms with E-state index in [1.165, 1.54) is 31.0 Å². The molecule has 0 bridgehead atoms. The number of unbranched alkanes of at least 4 members (excludes halogenated alkanes) is 5. The minimum Gasteiger partial charge on any atom is -0.308 e. The predicted octanol–water partition coefficient (Wildman–Crippen LogP) is 5.38. The predicted molar refractivity (Wildman–Crippen MR) is 121 cm³/mol. The first kappa shape index (κ1) is 21.1. The number of carbonyl (C=O) groups excluding carboxylic acids is 2. The third-order valence-electron chi connectivity index (χ3n) is 5.22. The molecule has 0 aromatic heterocycles. The van der Waals surface area contributed by atoms with Gasteiger partial charge in [0, 0.05) is 18.7 Å². The number of nitrogens with zero attached hydrogens (tertiary/aromatic N) is 2. The number of benzene rings is 1. The van der Waals surface area contributed by atoms with Crippen LogP contribution in [0.15, 0.2) is 29.2 Å². The molecule has 2 heterocycles. The molecule has 2 aliphatic heterocycles. The highest BCUT2D eigenvalue weighted by molar-refractivity contribution is 8.26. The summed E-state index contributed by atoms with van der Waals surface area (Å²) in [5, 5.41) is 0. The van der Waals surface area contributed by atoms with Crippen molar-refractivity contribution >= 4 is 51.4 Å². The fourth-order valence-corrected chi connectivity index (χ4v) is 5.03. The summed E-state index contributed by atoms with van der Waals surface area (Å²) < 4.78 is 0.559. The summed E-state index contributed by atoms with van der Waals surface area (Å²) in [5.74, 6) is -0.181. The van der Waals surface area contributed by atoms with Crippen LogP contribution in [-0.4, -0.2) is 34.1 Å². The number of para-hydroxylation sites is 1. The van der Waals surface area contributed by atoms with E-state index in [2.05, 4.69) is 13.8 Å². The van der Waals surface area contributed by atoms with Crippen LogP contribution in [0, 0.1) is 0 Å². The highest BCUT2D eigenvalue weighted by Crippen LogP contribution is 2.44. The summed E-state index contributed by atoms with van der Waals surface area (Å²) in [4.78, 5) is 30.3. The van der Waals surface area contributed by atoms with Crippen LogP contribution in [0.2, 0.25) is 0 Å². The molecule has 2 aliphatic rings. The molecule has 1 aromatic carbocycles. The van der Waals surface area contributed by atoms with Gasteiger partial charge in [-0.15, -0.1) is 0 Å². The van der Waals surface area contributed by atoms with Crippen LogP contribution in [0.25, 0.3) is 5.57 Å². The molecule has 0 N–H and O–H groups in total. The molecule has 1 saturated heterocycles. The van der Waals surface area contributed by atoms with E-state index in [1.807, 2.05) is 29.2 Å². The van der Waals surface area contributed by atoms with Gasteiger partial charge in [-0.05, 0) is 18.9 Å². The van der Waals surface area contributed by atoms with Crippen LogP contribution in [0.3, 0.4) is 0 Å². The standard InChI is InChI=1S/C22H28N2O2S2/c1-3-5-7-8-11-15-23-17-13-10-9-12-16(17)18(20(23)25)19-21(26)24(14-6-4-2)22(27)28-19/h9-10,12-13H,3-8,11,14-15H2,1-2H3. The molecule has 6 heteroatoms. The Kier molecular flexibility index (Phi) is 7.30. The molecule has 2 amide bonds. The second kappa shape index (κ2) is 9.70. The van der Waals surface area contributed by atoms with Gasteiger partial charge in [0.05, 0.1) is 16.2 Å². The van der Waals surface area contributed by atoms with E-state index >= 15 is 0 Å². The average Bonchev–Trinajstić information content (AvgIpc) is 3.13. The number of fused-ring (bicyclic) bond motifs is 1. The number of thiocarbonyl (C=S) groups is 1. The Morgan fingerprint density at radius 3 is 2.29 bits per heavy atom. The van der Waals surface area contributed by atoms with Crippen molar-refractivity contribution in [2.24, 2.45) is 0 Å². The van der Waals surface area contributed by atoms with Crippen LogP contribution in [0.4, 0.5) is 5.69 Å². The third-order valence-corrected chi connectivity index (χ3v) is 6.67. The third kappa shape index (κ3) is 4.18. The Hall–Kier alpha value is -1.66. The molecule has 0 spiro atoms. The summed E-state index contributed by atoms with van der Waals surface area (Å²) in [6, 6.07) is 7.79. The molecule has 0 aliphatic carbocycles. The quantitative estimate of drug-likeness (QED) is 0.308. The lowest BCUT2D eigenvalue weighted by Gasteiger charge is -2.17. The van der Waals surface area contributed by atoms with E-state index in [0.717, 1.165) is 36.9 Å². The SMILES string of the molecule is CCCCCCCN1C(=O)C(=C2SC(=S)N(CCCC)C2=O)c2ccccc21. The van der Waals surface area contributed by atoms with Crippen molar-refractivity contribution in [2.75, 3.05) is 18.0 Å². The van der Waals surface area contributed by atoms with Crippen LogP contribution >= 0.6 is 24.0 Å². The first-order valence-corrected chi connectivity index (χ1v) is 11.5. The maximum atomic E-state index is 13.3. The molecule has 28 heavy (non-hydrogen) atoms. The van der Waals surface area contributed by atoms with Crippen LogP contribution < -0.4 is 4.90 Å². The smallest absolute Gasteiger partial charge is 0.267 e. The first-order valence-electron chi connectivity index (χ1n) is 10.3. The summed E-state index contributed by atoms with van der Waals surface area (Å²) >= 11 is 6.70. The Bertz CT molecular complexity index is 803. The van der Waals surface area contributed by atoms with Crippen molar-refractivity contribution in [3.8, 4) is 0 Å². The number of rotatable bonds is 9. The van der Waals surface area contributed by atoms with E-state index < -0.39 is 0 Å². The zero-order valence-electron chi connectivity index (χ0n) is 16.7. The van der Waals surface area contributed by atoms with Gasteiger partial charge >= 0.3 is 0 Å². The zero-order chi connectivity index (χ0) is 20.1. The average molecular weight is 417 g/mol. The first-order chi connectivity index (χ1) is 13.6. The van der Waals surface area contributed by atoms with E-state index in [4.69, 9.17) is 12.2 Å². The number of carbonyl (C=O) groups is 2. The second-order valence-corrected chi connectivity index (χ2v) is 8.91. The maximum Gasteiger partial charge on any atom is 0.267 e. The highest BCUT2D eigenvalue weighted by Gasteiger charge is 2.41. The fourth-order valence-electron chi connectivity index (χ4n) is 3.65. The van der Waals surface area contributed by atoms with Crippen molar-refractivity contribution < 1.29 is 9.59 Å². The normalized spacial score (nSPS) is 19.1. The van der Waals surface area contributed by atoms with E-state index in [-0.39, 0.29) is 11.8 Å². The summed E-state index contributed by atoms with van der Waals surface area (Å²) in [7, 11) is 0. The fraction of sp³-hybridized carbons (Fsp3) is 0.500. The van der Waals surface area contributed by atoms with Crippen molar-refractivity contribution in [1.29, 1.82) is 0 Å². The van der Waals surface area contributed by atoms with Gasteiger partial charge in [0.15, 0.2) is 0 Å². The molecule has 0 saturated carbocycles. The van der Waals surface area contributed by atoms with Crippen molar-refractivity contribution in [3.05, 3.63) is 34.7 Å².